The highest BCUT2D eigenvalue weighted by Gasteiger charge is 2.37. The summed E-state index contributed by atoms with van der Waals surface area (Å²) < 4.78 is 2.49. The molecule has 7 aromatic rings. The maximum Gasteiger partial charge on any atom is 0.197 e. The Morgan fingerprint density at radius 3 is 2.28 bits per heavy atom. The zero-order valence-corrected chi connectivity index (χ0v) is 24.6. The Kier molecular flexibility index (Phi) is 5.00. The normalized spacial score (nSPS) is 13.8. The van der Waals surface area contributed by atoms with Gasteiger partial charge in [0.15, 0.2) is 7.28 Å². The van der Waals surface area contributed by atoms with Crippen LogP contribution in [0.4, 0.5) is 11.4 Å². The number of hydrogen-bond donors (Lipinski definition) is 1. The highest BCUT2D eigenvalue weighted by molar-refractivity contribution is 6.73. The first-order chi connectivity index (χ1) is 21.0. The number of rotatable bonds is 3. The molecule has 1 N–H and O–H groups in total. The van der Waals surface area contributed by atoms with Crippen LogP contribution >= 0.6 is 0 Å². The first kappa shape index (κ1) is 24.6. The minimum Gasteiger partial charge on any atom is -0.355 e. The van der Waals surface area contributed by atoms with E-state index in [4.69, 9.17) is 0 Å². The van der Waals surface area contributed by atoms with Gasteiger partial charge in [-0.25, -0.2) is 0 Å². The fourth-order valence-corrected chi connectivity index (χ4v) is 7.73. The van der Waals surface area contributed by atoms with Crippen LogP contribution in [0.3, 0.4) is 0 Å². The van der Waals surface area contributed by atoms with E-state index in [1.54, 1.807) is 0 Å². The zero-order chi connectivity index (χ0) is 28.9. The predicted octanol–water partition coefficient (Wildman–Crippen LogP) is 8.78. The molecule has 203 valence electrons. The molecule has 0 amide bonds. The summed E-state index contributed by atoms with van der Waals surface area (Å²) in [4.78, 5) is 0. The van der Waals surface area contributed by atoms with Crippen molar-refractivity contribution in [3.63, 3.8) is 0 Å². The maximum absolute atomic E-state index is 3.84. The second kappa shape index (κ2) is 8.75. The van der Waals surface area contributed by atoms with Gasteiger partial charge in [-0.15, -0.1) is 0 Å². The second-order valence-electron chi connectivity index (χ2n) is 12.5. The number of fused-ring (bicyclic) bond motifs is 8. The highest BCUT2D eigenvalue weighted by atomic mass is 15.0. The van der Waals surface area contributed by atoms with E-state index in [9.17, 15) is 0 Å². The average Bonchev–Trinajstić information content (AvgIpc) is 3.50. The van der Waals surface area contributed by atoms with Gasteiger partial charge in [0.2, 0.25) is 0 Å². The van der Waals surface area contributed by atoms with Crippen LogP contribution in [-0.2, 0) is 5.41 Å². The number of benzene rings is 6. The summed E-state index contributed by atoms with van der Waals surface area (Å²) in [5, 5.41) is 6.49. The number of anilines is 2. The molecule has 1 radical (unpaired) electrons. The number of aryl methyl sites for hydroxylation is 1. The van der Waals surface area contributed by atoms with E-state index in [0.717, 1.165) is 11.4 Å². The molecule has 9 rings (SSSR count). The van der Waals surface area contributed by atoms with E-state index < -0.39 is 0 Å². The molecule has 1 aliphatic carbocycles. The molecule has 0 saturated carbocycles. The lowest BCUT2D eigenvalue weighted by Crippen LogP contribution is -2.37. The lowest BCUT2D eigenvalue weighted by atomic mass is 9.59. The van der Waals surface area contributed by atoms with Crippen LogP contribution in [-0.4, -0.2) is 11.8 Å². The topological polar surface area (TPSA) is 17.0 Å². The van der Waals surface area contributed by atoms with Gasteiger partial charge in [-0.1, -0.05) is 104 Å². The lowest BCUT2D eigenvalue weighted by Gasteiger charge is -2.26. The summed E-state index contributed by atoms with van der Waals surface area (Å²) in [6.07, 6.45) is 0. The summed E-state index contributed by atoms with van der Waals surface area (Å²) in [7, 11) is 2.41. The zero-order valence-electron chi connectivity index (χ0n) is 24.6. The van der Waals surface area contributed by atoms with Gasteiger partial charge >= 0.3 is 0 Å². The summed E-state index contributed by atoms with van der Waals surface area (Å²) in [5.74, 6) is 0. The molecule has 1 aromatic heterocycles. The number of aromatic nitrogens is 1. The van der Waals surface area contributed by atoms with Crippen molar-refractivity contribution in [1.82, 2.24) is 4.57 Å². The Hall–Kier alpha value is -5.02. The third-order valence-corrected chi connectivity index (χ3v) is 9.72. The number of para-hydroxylation sites is 3. The monoisotopic (exact) mass is 549 g/mol. The molecule has 1 aliphatic heterocycles. The molecule has 6 aromatic carbocycles. The molecular formula is C40H30BN2. The van der Waals surface area contributed by atoms with Crippen molar-refractivity contribution in [2.75, 3.05) is 5.32 Å². The van der Waals surface area contributed by atoms with E-state index in [2.05, 4.69) is 159 Å². The van der Waals surface area contributed by atoms with Gasteiger partial charge in [0.05, 0.1) is 5.52 Å². The van der Waals surface area contributed by atoms with Gasteiger partial charge in [0, 0.05) is 44.3 Å². The van der Waals surface area contributed by atoms with Crippen LogP contribution in [0.2, 0.25) is 0 Å². The van der Waals surface area contributed by atoms with Crippen LogP contribution in [0.25, 0.3) is 49.7 Å². The van der Waals surface area contributed by atoms with Gasteiger partial charge in [0.25, 0.3) is 0 Å². The van der Waals surface area contributed by atoms with Crippen LogP contribution in [0, 0.1) is 6.92 Å². The molecule has 2 nitrogen and oxygen atoms in total. The first-order valence-electron chi connectivity index (χ1n) is 15.1. The molecule has 3 heteroatoms. The Bertz CT molecular complexity index is 2270. The minimum absolute atomic E-state index is 0.0802. The smallest absolute Gasteiger partial charge is 0.197 e. The number of nitrogens with one attached hydrogen (secondary N) is 1. The van der Waals surface area contributed by atoms with Crippen molar-refractivity contribution in [1.29, 1.82) is 0 Å². The fraction of sp³-hybridized carbons (Fsp3) is 0.100. The quantitative estimate of drug-likeness (QED) is 0.218. The Morgan fingerprint density at radius 2 is 1.40 bits per heavy atom. The van der Waals surface area contributed by atoms with Gasteiger partial charge in [-0.2, -0.15) is 0 Å². The van der Waals surface area contributed by atoms with Crippen molar-refractivity contribution in [2.24, 2.45) is 0 Å². The van der Waals surface area contributed by atoms with E-state index in [-0.39, 0.29) is 5.41 Å². The maximum atomic E-state index is 3.84. The van der Waals surface area contributed by atoms with Crippen molar-refractivity contribution >= 4 is 51.4 Å². The third-order valence-electron chi connectivity index (χ3n) is 9.72. The fourth-order valence-electron chi connectivity index (χ4n) is 7.73. The Labute approximate surface area is 252 Å². The van der Waals surface area contributed by atoms with E-state index in [1.807, 2.05) is 0 Å². The third kappa shape index (κ3) is 3.36. The average molecular weight is 550 g/mol. The molecule has 43 heavy (non-hydrogen) atoms. The molecule has 2 heterocycles. The summed E-state index contributed by atoms with van der Waals surface area (Å²) in [6.45, 7) is 6.98. The number of hydrogen-bond acceptors (Lipinski definition) is 1. The summed E-state index contributed by atoms with van der Waals surface area (Å²) >= 11 is 0. The molecule has 0 saturated heterocycles. The van der Waals surface area contributed by atoms with Gasteiger partial charge in [-0.05, 0) is 82.2 Å². The van der Waals surface area contributed by atoms with Crippen LogP contribution in [0.5, 0.6) is 0 Å². The lowest BCUT2D eigenvalue weighted by molar-refractivity contribution is 0.660. The van der Waals surface area contributed by atoms with Crippen LogP contribution in [0.15, 0.2) is 121 Å². The van der Waals surface area contributed by atoms with E-state index in [1.165, 1.54) is 77.4 Å². The molecule has 0 bridgehead atoms. The van der Waals surface area contributed by atoms with Crippen LogP contribution in [0.1, 0.15) is 30.5 Å². The van der Waals surface area contributed by atoms with Crippen LogP contribution < -0.4 is 16.2 Å². The molecule has 0 spiro atoms. The second-order valence-corrected chi connectivity index (χ2v) is 12.5. The van der Waals surface area contributed by atoms with Crippen molar-refractivity contribution in [3.8, 4) is 27.9 Å². The Morgan fingerprint density at radius 1 is 0.651 bits per heavy atom. The van der Waals surface area contributed by atoms with E-state index in [0.29, 0.717) is 0 Å². The molecule has 0 atom stereocenters. The van der Waals surface area contributed by atoms with Gasteiger partial charge in [-0.3, -0.25) is 0 Å². The highest BCUT2D eigenvalue weighted by Crippen LogP contribution is 2.52. The largest absolute Gasteiger partial charge is 0.355 e. The van der Waals surface area contributed by atoms with Crippen molar-refractivity contribution < 1.29 is 0 Å². The Balaban J connectivity index is 1.40. The first-order valence-corrected chi connectivity index (χ1v) is 15.1. The molecular weight excluding hydrogens is 519 g/mol. The minimum atomic E-state index is -0.0802. The predicted molar refractivity (Wildman–Crippen MR) is 183 cm³/mol. The molecule has 0 unspecified atom stereocenters. The number of nitrogens with zero attached hydrogens (tertiary/aromatic N) is 1. The van der Waals surface area contributed by atoms with E-state index >= 15 is 0 Å². The summed E-state index contributed by atoms with van der Waals surface area (Å²) in [6, 6.07) is 44.4. The molecule has 0 fully saturated rings. The molecule has 2 aliphatic rings. The van der Waals surface area contributed by atoms with Crippen molar-refractivity contribution in [3.05, 3.63) is 138 Å². The van der Waals surface area contributed by atoms with Gasteiger partial charge in [0.1, 0.15) is 0 Å². The summed E-state index contributed by atoms with van der Waals surface area (Å²) in [5.41, 5.74) is 17.7. The van der Waals surface area contributed by atoms with Crippen molar-refractivity contribution in [2.45, 2.75) is 26.2 Å². The SMILES string of the molecule is Cc1cc(-c2cc3c(cc2Nc2ccccc2)C(C)(C)c2ccccc2-3)c2c3c1c1ccccc1n3-c1ccccc1[B]2. The standard InChI is InChI=1S/C40H30BN2/c1-24-21-30(38-39-37(24)27-16-8-11-19-35(27)43(39)36-20-12-10-18-33(36)41-38)29-22-28-26-15-7-9-17-31(26)40(2,3)32(28)23-34(29)42-25-13-5-4-6-14-25/h4-23,42H,1-3H3. The van der Waals surface area contributed by atoms with Gasteiger partial charge < -0.3 is 9.88 Å².